The summed E-state index contributed by atoms with van der Waals surface area (Å²) in [5.41, 5.74) is 8.46. The zero-order valence-electron chi connectivity index (χ0n) is 14.1. The Labute approximate surface area is 146 Å². The SMILES string of the molecule is COc1c(F)cccc1C(C)Oc1cc(-c2ccccc2)cnc1N. The lowest BCUT2D eigenvalue weighted by Crippen LogP contribution is -2.08. The number of para-hydroxylation sites is 1. The molecule has 1 heterocycles. The van der Waals surface area contributed by atoms with E-state index in [2.05, 4.69) is 4.98 Å². The molecule has 2 aromatic carbocycles. The van der Waals surface area contributed by atoms with Gasteiger partial charge in [-0.1, -0.05) is 42.5 Å². The molecule has 3 aromatic rings. The van der Waals surface area contributed by atoms with Gasteiger partial charge in [0.05, 0.1) is 7.11 Å². The Kier molecular flexibility index (Phi) is 4.84. The van der Waals surface area contributed by atoms with E-state index in [1.807, 2.05) is 43.3 Å². The smallest absolute Gasteiger partial charge is 0.166 e. The Hall–Kier alpha value is -3.08. The number of halogens is 1. The summed E-state index contributed by atoms with van der Waals surface area (Å²) >= 11 is 0. The number of methoxy groups -OCH3 is 1. The minimum Gasteiger partial charge on any atom is -0.493 e. The Bertz CT molecular complexity index is 869. The predicted octanol–water partition coefficient (Wildman–Crippen LogP) is 4.62. The Morgan fingerprint density at radius 1 is 1.04 bits per heavy atom. The number of pyridine rings is 1. The molecule has 4 nitrogen and oxygen atoms in total. The Balaban J connectivity index is 1.92. The zero-order valence-corrected chi connectivity index (χ0v) is 14.1. The van der Waals surface area contributed by atoms with Crippen LogP contribution in [0.2, 0.25) is 0 Å². The highest BCUT2D eigenvalue weighted by Crippen LogP contribution is 2.34. The van der Waals surface area contributed by atoms with E-state index in [0.29, 0.717) is 11.3 Å². The molecule has 0 bridgehead atoms. The fourth-order valence-electron chi connectivity index (χ4n) is 2.65. The molecule has 0 saturated heterocycles. The summed E-state index contributed by atoms with van der Waals surface area (Å²) < 4.78 is 25.0. The summed E-state index contributed by atoms with van der Waals surface area (Å²) in [6.45, 7) is 1.81. The van der Waals surface area contributed by atoms with Crippen molar-refractivity contribution in [2.24, 2.45) is 0 Å². The number of benzene rings is 2. The first-order valence-electron chi connectivity index (χ1n) is 7.90. The summed E-state index contributed by atoms with van der Waals surface area (Å²) in [5.74, 6) is 0.461. The van der Waals surface area contributed by atoms with Gasteiger partial charge in [0.25, 0.3) is 0 Å². The van der Waals surface area contributed by atoms with Gasteiger partial charge in [-0.15, -0.1) is 0 Å². The van der Waals surface area contributed by atoms with Crippen molar-refractivity contribution in [2.75, 3.05) is 12.8 Å². The lowest BCUT2D eigenvalue weighted by Gasteiger charge is -2.19. The van der Waals surface area contributed by atoms with Gasteiger partial charge in [-0.25, -0.2) is 9.37 Å². The van der Waals surface area contributed by atoms with Gasteiger partial charge in [-0.3, -0.25) is 0 Å². The second-order valence-corrected chi connectivity index (χ2v) is 5.60. The van der Waals surface area contributed by atoms with Crippen LogP contribution in [0.3, 0.4) is 0 Å². The molecule has 0 radical (unpaired) electrons. The fourth-order valence-corrected chi connectivity index (χ4v) is 2.65. The molecule has 5 heteroatoms. The van der Waals surface area contributed by atoms with Crippen LogP contribution in [-0.4, -0.2) is 12.1 Å². The van der Waals surface area contributed by atoms with Crippen molar-refractivity contribution in [1.82, 2.24) is 4.98 Å². The van der Waals surface area contributed by atoms with Crippen LogP contribution in [0.1, 0.15) is 18.6 Å². The maximum absolute atomic E-state index is 13.9. The first-order valence-corrected chi connectivity index (χ1v) is 7.90. The minimum absolute atomic E-state index is 0.167. The van der Waals surface area contributed by atoms with E-state index < -0.39 is 11.9 Å². The number of anilines is 1. The molecule has 2 N–H and O–H groups in total. The van der Waals surface area contributed by atoms with E-state index in [0.717, 1.165) is 11.1 Å². The van der Waals surface area contributed by atoms with Gasteiger partial charge in [-0.2, -0.15) is 0 Å². The second-order valence-electron chi connectivity index (χ2n) is 5.60. The number of hydrogen-bond acceptors (Lipinski definition) is 4. The number of nitrogens with two attached hydrogens (primary N) is 1. The van der Waals surface area contributed by atoms with Gasteiger partial charge < -0.3 is 15.2 Å². The van der Waals surface area contributed by atoms with Crippen molar-refractivity contribution in [3.8, 4) is 22.6 Å². The van der Waals surface area contributed by atoms with Crippen molar-refractivity contribution in [3.63, 3.8) is 0 Å². The Morgan fingerprint density at radius 3 is 2.52 bits per heavy atom. The van der Waals surface area contributed by atoms with E-state index in [1.165, 1.54) is 13.2 Å². The van der Waals surface area contributed by atoms with Crippen LogP contribution in [0, 0.1) is 5.82 Å². The lowest BCUT2D eigenvalue weighted by atomic mass is 10.1. The van der Waals surface area contributed by atoms with E-state index in [1.54, 1.807) is 18.3 Å². The fraction of sp³-hybridized carbons (Fsp3) is 0.150. The number of aromatic nitrogens is 1. The molecule has 0 aliphatic carbocycles. The van der Waals surface area contributed by atoms with Crippen molar-refractivity contribution < 1.29 is 13.9 Å². The summed E-state index contributed by atoms with van der Waals surface area (Å²) in [5, 5.41) is 0. The molecule has 25 heavy (non-hydrogen) atoms. The highest BCUT2D eigenvalue weighted by Gasteiger charge is 2.18. The lowest BCUT2D eigenvalue weighted by molar-refractivity contribution is 0.220. The predicted molar refractivity (Wildman–Crippen MR) is 96.1 cm³/mol. The third kappa shape index (κ3) is 3.55. The number of hydrogen-bond donors (Lipinski definition) is 1. The maximum atomic E-state index is 13.9. The van der Waals surface area contributed by atoms with Gasteiger partial charge >= 0.3 is 0 Å². The average molecular weight is 338 g/mol. The first-order chi connectivity index (χ1) is 12.1. The van der Waals surface area contributed by atoms with Crippen LogP contribution in [0.4, 0.5) is 10.2 Å². The maximum Gasteiger partial charge on any atom is 0.166 e. The second kappa shape index (κ2) is 7.21. The van der Waals surface area contributed by atoms with Crippen molar-refractivity contribution >= 4 is 5.82 Å². The largest absolute Gasteiger partial charge is 0.493 e. The number of ether oxygens (including phenoxy) is 2. The normalized spacial score (nSPS) is 11.8. The molecule has 1 atom stereocenters. The third-order valence-corrected chi connectivity index (χ3v) is 3.93. The molecule has 1 unspecified atom stereocenters. The van der Waals surface area contributed by atoms with Crippen LogP contribution < -0.4 is 15.2 Å². The van der Waals surface area contributed by atoms with Gasteiger partial charge in [-0.05, 0) is 24.6 Å². The number of rotatable bonds is 5. The third-order valence-electron chi connectivity index (χ3n) is 3.93. The van der Waals surface area contributed by atoms with Crippen LogP contribution in [0.25, 0.3) is 11.1 Å². The number of nitrogens with zero attached hydrogens (tertiary/aromatic N) is 1. The monoisotopic (exact) mass is 338 g/mol. The highest BCUT2D eigenvalue weighted by molar-refractivity contribution is 5.66. The molecular weight excluding hydrogens is 319 g/mol. The molecule has 0 fully saturated rings. The molecule has 0 aliphatic heterocycles. The zero-order chi connectivity index (χ0) is 17.8. The van der Waals surface area contributed by atoms with Crippen LogP contribution in [0.5, 0.6) is 11.5 Å². The van der Waals surface area contributed by atoms with E-state index in [-0.39, 0.29) is 11.6 Å². The van der Waals surface area contributed by atoms with Crippen LogP contribution in [-0.2, 0) is 0 Å². The van der Waals surface area contributed by atoms with Gasteiger partial charge in [0.15, 0.2) is 23.1 Å². The van der Waals surface area contributed by atoms with Gasteiger partial charge in [0.2, 0.25) is 0 Å². The summed E-state index contributed by atoms with van der Waals surface area (Å²) in [7, 11) is 1.43. The van der Waals surface area contributed by atoms with Crippen LogP contribution in [0.15, 0.2) is 60.8 Å². The molecule has 0 aliphatic rings. The van der Waals surface area contributed by atoms with E-state index >= 15 is 0 Å². The van der Waals surface area contributed by atoms with Crippen LogP contribution >= 0.6 is 0 Å². The quantitative estimate of drug-likeness (QED) is 0.737. The molecule has 128 valence electrons. The Morgan fingerprint density at radius 2 is 1.80 bits per heavy atom. The van der Waals surface area contributed by atoms with E-state index in [9.17, 15) is 4.39 Å². The first kappa shape index (κ1) is 16.8. The summed E-state index contributed by atoms with van der Waals surface area (Å²) in [4.78, 5) is 4.21. The molecule has 3 rings (SSSR count). The van der Waals surface area contributed by atoms with Gasteiger partial charge in [0, 0.05) is 17.3 Å². The average Bonchev–Trinajstić information content (AvgIpc) is 2.64. The minimum atomic E-state index is -0.458. The van der Waals surface area contributed by atoms with Crippen molar-refractivity contribution in [3.05, 3.63) is 72.2 Å². The molecule has 0 saturated carbocycles. The molecule has 0 spiro atoms. The van der Waals surface area contributed by atoms with E-state index in [4.69, 9.17) is 15.2 Å². The summed E-state index contributed by atoms with van der Waals surface area (Å²) in [6, 6.07) is 16.4. The standard InChI is InChI=1S/C20H19FN2O2/c1-13(16-9-6-10-17(21)19(16)24-2)25-18-11-15(12-23-20(18)22)14-7-4-3-5-8-14/h3-13H,1-2H3,(H2,22,23). The van der Waals surface area contributed by atoms with Gasteiger partial charge in [0.1, 0.15) is 6.10 Å². The topological polar surface area (TPSA) is 57.4 Å². The number of nitrogen functional groups attached to an aromatic ring is 1. The summed E-state index contributed by atoms with van der Waals surface area (Å²) in [6.07, 6.45) is 1.24. The highest BCUT2D eigenvalue weighted by atomic mass is 19.1. The molecular formula is C20H19FN2O2. The van der Waals surface area contributed by atoms with Crippen molar-refractivity contribution in [1.29, 1.82) is 0 Å². The molecule has 0 amide bonds. The molecule has 1 aromatic heterocycles. The van der Waals surface area contributed by atoms with Crippen molar-refractivity contribution in [2.45, 2.75) is 13.0 Å².